The molecule has 1 fully saturated rings. The lowest BCUT2D eigenvalue weighted by Crippen LogP contribution is -2.41. The van der Waals surface area contributed by atoms with Crippen molar-refractivity contribution in [3.05, 3.63) is 33.9 Å². The Hall–Kier alpha value is -2.15. The number of hydrogen-bond donors (Lipinski definition) is 1. The van der Waals surface area contributed by atoms with Gasteiger partial charge >= 0.3 is 0 Å². The van der Waals surface area contributed by atoms with Crippen molar-refractivity contribution in [2.24, 2.45) is 5.92 Å². The van der Waals surface area contributed by atoms with Crippen LogP contribution in [0.25, 0.3) is 0 Å². The summed E-state index contributed by atoms with van der Waals surface area (Å²) in [4.78, 5) is 25.1. The highest BCUT2D eigenvalue weighted by molar-refractivity contribution is 6.00. The smallest absolute Gasteiger partial charge is 0.270 e. The molecule has 126 valence electrons. The van der Waals surface area contributed by atoms with Crippen molar-refractivity contribution < 1.29 is 14.5 Å². The number of anilines is 1. The van der Waals surface area contributed by atoms with Crippen LogP contribution < -0.4 is 5.73 Å². The van der Waals surface area contributed by atoms with Crippen molar-refractivity contribution in [1.82, 2.24) is 4.90 Å². The largest absolute Gasteiger partial charge is 0.398 e. The number of carbonyl (C=O) groups excluding carboxylic acids is 1. The van der Waals surface area contributed by atoms with Crippen LogP contribution in [-0.4, -0.2) is 42.0 Å². The highest BCUT2D eigenvalue weighted by atomic mass is 16.6. The third-order valence-electron chi connectivity index (χ3n) is 4.38. The van der Waals surface area contributed by atoms with E-state index >= 15 is 0 Å². The summed E-state index contributed by atoms with van der Waals surface area (Å²) in [7, 11) is 1.58. The molecule has 0 aliphatic heterocycles. The molecule has 2 atom stereocenters. The Balaban J connectivity index is 2.29. The quantitative estimate of drug-likeness (QED) is 0.493. The van der Waals surface area contributed by atoms with E-state index in [1.54, 1.807) is 12.0 Å². The number of amides is 1. The second kappa shape index (κ2) is 7.41. The molecule has 7 nitrogen and oxygen atoms in total. The fourth-order valence-corrected chi connectivity index (χ4v) is 3.10. The number of rotatable bonds is 6. The molecule has 1 aromatic carbocycles. The molecule has 1 saturated carbocycles. The lowest BCUT2D eigenvalue weighted by atomic mass is 10.1. The Morgan fingerprint density at radius 2 is 2.22 bits per heavy atom. The first-order valence-electron chi connectivity index (χ1n) is 7.77. The van der Waals surface area contributed by atoms with Gasteiger partial charge in [-0.05, 0) is 31.2 Å². The molecule has 0 bridgehead atoms. The van der Waals surface area contributed by atoms with E-state index in [0.717, 1.165) is 19.3 Å². The molecule has 2 rings (SSSR count). The Labute approximate surface area is 135 Å². The van der Waals surface area contributed by atoms with E-state index < -0.39 is 4.92 Å². The van der Waals surface area contributed by atoms with Crippen molar-refractivity contribution in [2.45, 2.75) is 32.2 Å². The van der Waals surface area contributed by atoms with Gasteiger partial charge < -0.3 is 15.4 Å². The van der Waals surface area contributed by atoms with Crippen LogP contribution in [0.2, 0.25) is 0 Å². The van der Waals surface area contributed by atoms with Gasteiger partial charge in [0, 0.05) is 37.5 Å². The number of benzene rings is 1. The van der Waals surface area contributed by atoms with Crippen molar-refractivity contribution in [1.29, 1.82) is 0 Å². The molecule has 23 heavy (non-hydrogen) atoms. The van der Waals surface area contributed by atoms with Gasteiger partial charge in [0.15, 0.2) is 0 Å². The number of ether oxygens (including phenoxy) is 1. The van der Waals surface area contributed by atoms with Crippen molar-refractivity contribution >= 4 is 17.3 Å². The lowest BCUT2D eigenvalue weighted by molar-refractivity contribution is -0.384. The predicted octanol–water partition coefficient (Wildman–Crippen LogP) is 2.45. The van der Waals surface area contributed by atoms with E-state index in [0.29, 0.717) is 19.1 Å². The average molecular weight is 321 g/mol. The standard InChI is InChI=1S/C16H23N3O4/c1-11-3-4-12(9-11)18(7-8-23-2)16(20)14-10-13(19(21)22)5-6-15(14)17/h5-6,10-12H,3-4,7-9,17H2,1-2H3/t11-,12+/m1/s1. The fraction of sp³-hybridized carbons (Fsp3) is 0.562. The molecular formula is C16H23N3O4. The van der Waals surface area contributed by atoms with Gasteiger partial charge in [0.25, 0.3) is 11.6 Å². The van der Waals surface area contributed by atoms with E-state index in [9.17, 15) is 14.9 Å². The van der Waals surface area contributed by atoms with Gasteiger partial charge in [-0.15, -0.1) is 0 Å². The van der Waals surface area contributed by atoms with Crippen molar-refractivity contribution in [3.63, 3.8) is 0 Å². The normalized spacial score (nSPS) is 20.4. The first-order chi connectivity index (χ1) is 10.9. The first kappa shape index (κ1) is 17.2. The van der Waals surface area contributed by atoms with Crippen LogP contribution >= 0.6 is 0 Å². The van der Waals surface area contributed by atoms with Crippen LogP contribution in [-0.2, 0) is 4.74 Å². The zero-order valence-corrected chi connectivity index (χ0v) is 13.5. The van der Waals surface area contributed by atoms with E-state index in [1.807, 2.05) is 0 Å². The highest BCUT2D eigenvalue weighted by Crippen LogP contribution is 2.31. The second-order valence-electron chi connectivity index (χ2n) is 6.09. The summed E-state index contributed by atoms with van der Waals surface area (Å²) in [6.45, 7) is 3.04. The molecule has 0 unspecified atom stereocenters. The molecule has 1 aliphatic rings. The molecule has 1 aliphatic carbocycles. The maximum atomic E-state index is 12.9. The number of nitro benzene ring substituents is 1. The van der Waals surface area contributed by atoms with Crippen LogP contribution in [0, 0.1) is 16.0 Å². The monoisotopic (exact) mass is 321 g/mol. The van der Waals surface area contributed by atoms with E-state index in [1.165, 1.54) is 18.2 Å². The van der Waals surface area contributed by atoms with Gasteiger partial charge in [-0.25, -0.2) is 0 Å². The number of non-ortho nitro benzene ring substituents is 1. The topological polar surface area (TPSA) is 98.7 Å². The average Bonchev–Trinajstić information content (AvgIpc) is 2.94. The maximum absolute atomic E-state index is 12.9. The summed E-state index contributed by atoms with van der Waals surface area (Å²) < 4.78 is 5.10. The molecule has 0 spiro atoms. The first-order valence-corrected chi connectivity index (χ1v) is 7.77. The molecule has 2 N–H and O–H groups in total. The minimum absolute atomic E-state index is 0.131. The zero-order valence-electron chi connectivity index (χ0n) is 13.5. The van der Waals surface area contributed by atoms with E-state index in [4.69, 9.17) is 10.5 Å². The van der Waals surface area contributed by atoms with Crippen LogP contribution in [0.15, 0.2) is 18.2 Å². The molecular weight excluding hydrogens is 298 g/mol. The summed E-state index contributed by atoms with van der Waals surface area (Å²) in [5.74, 6) is 0.308. The van der Waals surface area contributed by atoms with Crippen LogP contribution in [0.1, 0.15) is 36.5 Å². The van der Waals surface area contributed by atoms with Crippen molar-refractivity contribution in [2.75, 3.05) is 26.0 Å². The highest BCUT2D eigenvalue weighted by Gasteiger charge is 2.31. The number of nitrogen functional groups attached to an aromatic ring is 1. The molecule has 7 heteroatoms. The van der Waals surface area contributed by atoms with Crippen LogP contribution in [0.4, 0.5) is 11.4 Å². The lowest BCUT2D eigenvalue weighted by Gasteiger charge is -2.29. The number of methoxy groups -OCH3 is 1. The van der Waals surface area contributed by atoms with E-state index in [2.05, 4.69) is 6.92 Å². The van der Waals surface area contributed by atoms with Crippen LogP contribution in [0.5, 0.6) is 0 Å². The Morgan fingerprint density at radius 3 is 2.78 bits per heavy atom. The van der Waals surface area contributed by atoms with E-state index in [-0.39, 0.29) is 28.9 Å². The minimum Gasteiger partial charge on any atom is -0.398 e. The Bertz CT molecular complexity index is 591. The van der Waals surface area contributed by atoms with Crippen LogP contribution in [0.3, 0.4) is 0 Å². The number of hydrogen-bond acceptors (Lipinski definition) is 5. The SMILES string of the molecule is COCCN(C(=O)c1cc([N+](=O)[O-])ccc1N)[C@H]1CC[C@@H](C)C1. The Morgan fingerprint density at radius 1 is 1.48 bits per heavy atom. The van der Waals surface area contributed by atoms with Gasteiger partial charge in [-0.2, -0.15) is 0 Å². The predicted molar refractivity (Wildman–Crippen MR) is 87.2 cm³/mol. The summed E-state index contributed by atoms with van der Waals surface area (Å²) >= 11 is 0. The molecule has 0 heterocycles. The summed E-state index contributed by atoms with van der Waals surface area (Å²) in [5.41, 5.74) is 6.20. The molecule has 1 aromatic rings. The van der Waals surface area contributed by atoms with Gasteiger partial charge in [0.2, 0.25) is 0 Å². The molecule has 0 aromatic heterocycles. The van der Waals surface area contributed by atoms with Gasteiger partial charge in [0.1, 0.15) is 0 Å². The Kier molecular flexibility index (Phi) is 5.54. The minimum atomic E-state index is -0.520. The molecule has 1 amide bonds. The number of nitro groups is 1. The fourth-order valence-electron chi connectivity index (χ4n) is 3.10. The second-order valence-corrected chi connectivity index (χ2v) is 6.09. The molecule has 0 saturated heterocycles. The molecule has 0 radical (unpaired) electrons. The van der Waals surface area contributed by atoms with Gasteiger partial charge in [-0.3, -0.25) is 14.9 Å². The zero-order chi connectivity index (χ0) is 17.0. The van der Waals surface area contributed by atoms with Gasteiger partial charge in [0.05, 0.1) is 17.1 Å². The summed E-state index contributed by atoms with van der Waals surface area (Å²) in [6.07, 6.45) is 2.95. The maximum Gasteiger partial charge on any atom is 0.270 e. The number of carbonyl (C=O) groups is 1. The third-order valence-corrected chi connectivity index (χ3v) is 4.38. The summed E-state index contributed by atoms with van der Waals surface area (Å²) in [5, 5.41) is 10.9. The third kappa shape index (κ3) is 3.98. The van der Waals surface area contributed by atoms with Gasteiger partial charge in [-0.1, -0.05) is 6.92 Å². The van der Waals surface area contributed by atoms with Crippen molar-refractivity contribution in [3.8, 4) is 0 Å². The number of nitrogens with zero attached hydrogens (tertiary/aromatic N) is 2. The summed E-state index contributed by atoms with van der Waals surface area (Å²) in [6, 6.07) is 4.11. The number of nitrogens with two attached hydrogens (primary N) is 1.